The van der Waals surface area contributed by atoms with E-state index < -0.39 is 6.10 Å². The van der Waals surface area contributed by atoms with E-state index in [2.05, 4.69) is 4.90 Å². The van der Waals surface area contributed by atoms with Crippen LogP contribution in [-0.4, -0.2) is 31.4 Å². The fourth-order valence-electron chi connectivity index (χ4n) is 2.18. The lowest BCUT2D eigenvalue weighted by Crippen LogP contribution is -2.22. The van der Waals surface area contributed by atoms with Crippen LogP contribution in [0.25, 0.3) is 0 Å². The monoisotopic (exact) mass is 255 g/mol. The molecule has 1 fully saturated rings. The number of rotatable bonds is 3. The summed E-state index contributed by atoms with van der Waals surface area (Å²) in [5, 5.41) is 10.2. The van der Waals surface area contributed by atoms with Gasteiger partial charge in [-0.25, -0.2) is 0 Å². The van der Waals surface area contributed by atoms with Crippen molar-refractivity contribution in [3.05, 3.63) is 28.8 Å². The molecule has 1 heterocycles. The summed E-state index contributed by atoms with van der Waals surface area (Å²) in [5.74, 6) is 0. The average molecular weight is 256 g/mol. The first-order chi connectivity index (χ1) is 8.11. The number of aliphatic hydroxyl groups is 1. The number of halogens is 1. The zero-order valence-corrected chi connectivity index (χ0v) is 10.9. The molecule has 2 atom stereocenters. The second-order valence-corrected chi connectivity index (χ2v) is 4.89. The molecule has 94 valence electrons. The van der Waals surface area contributed by atoms with E-state index in [-0.39, 0.29) is 0 Å². The lowest BCUT2D eigenvalue weighted by atomic mass is 10.1. The van der Waals surface area contributed by atoms with Crippen LogP contribution in [0.4, 0.5) is 5.69 Å². The Morgan fingerprint density at radius 3 is 2.82 bits per heavy atom. The smallest absolute Gasteiger partial charge is 0.0762 e. The van der Waals surface area contributed by atoms with Crippen LogP contribution in [0.1, 0.15) is 25.0 Å². The predicted molar refractivity (Wildman–Crippen MR) is 69.7 cm³/mol. The Balaban J connectivity index is 2.17. The summed E-state index contributed by atoms with van der Waals surface area (Å²) in [5.41, 5.74) is 1.87. The quantitative estimate of drug-likeness (QED) is 0.901. The van der Waals surface area contributed by atoms with Gasteiger partial charge >= 0.3 is 0 Å². The molecule has 2 unspecified atom stereocenters. The largest absolute Gasteiger partial charge is 0.389 e. The maximum Gasteiger partial charge on any atom is 0.0762 e. The van der Waals surface area contributed by atoms with Gasteiger partial charge in [-0.1, -0.05) is 17.7 Å². The highest BCUT2D eigenvalue weighted by Crippen LogP contribution is 2.31. The van der Waals surface area contributed by atoms with Gasteiger partial charge in [0, 0.05) is 20.2 Å². The van der Waals surface area contributed by atoms with Crippen LogP contribution in [0.5, 0.6) is 0 Å². The summed E-state index contributed by atoms with van der Waals surface area (Å²) in [4.78, 5) is 2.22. The number of aliphatic hydroxyl groups excluding tert-OH is 1. The van der Waals surface area contributed by atoms with Crippen molar-refractivity contribution in [3.63, 3.8) is 0 Å². The first-order valence-corrected chi connectivity index (χ1v) is 6.25. The lowest BCUT2D eigenvalue weighted by Gasteiger charge is -2.20. The number of ether oxygens (including phenoxy) is 1. The maximum atomic E-state index is 9.49. The van der Waals surface area contributed by atoms with Crippen LogP contribution in [0.2, 0.25) is 5.02 Å². The highest BCUT2D eigenvalue weighted by atomic mass is 35.5. The second-order valence-electron chi connectivity index (χ2n) is 4.48. The summed E-state index contributed by atoms with van der Waals surface area (Å²) in [6.07, 6.45) is 0.847. The summed E-state index contributed by atoms with van der Waals surface area (Å²) in [7, 11) is 1.74. The number of hydrogen-bond donors (Lipinski definition) is 1. The van der Waals surface area contributed by atoms with Crippen molar-refractivity contribution < 1.29 is 9.84 Å². The van der Waals surface area contributed by atoms with Crippen molar-refractivity contribution >= 4 is 17.3 Å². The summed E-state index contributed by atoms with van der Waals surface area (Å²) in [6, 6.07) is 5.73. The van der Waals surface area contributed by atoms with Crippen LogP contribution < -0.4 is 4.90 Å². The summed E-state index contributed by atoms with van der Waals surface area (Å²) < 4.78 is 5.34. The molecule has 1 saturated heterocycles. The van der Waals surface area contributed by atoms with Crippen LogP contribution in [-0.2, 0) is 4.74 Å². The minimum absolute atomic E-state index is 0.294. The number of benzene rings is 1. The zero-order chi connectivity index (χ0) is 12.4. The number of nitrogens with zero attached hydrogens (tertiary/aromatic N) is 1. The molecule has 1 aromatic rings. The molecule has 17 heavy (non-hydrogen) atoms. The van der Waals surface area contributed by atoms with Gasteiger partial charge in [0.15, 0.2) is 0 Å². The van der Waals surface area contributed by atoms with Gasteiger partial charge in [-0.15, -0.1) is 0 Å². The Morgan fingerprint density at radius 1 is 1.53 bits per heavy atom. The van der Waals surface area contributed by atoms with Crippen molar-refractivity contribution in [1.29, 1.82) is 0 Å². The fraction of sp³-hybridized carbons (Fsp3) is 0.538. The highest BCUT2D eigenvalue weighted by molar-refractivity contribution is 6.33. The molecule has 0 spiro atoms. The van der Waals surface area contributed by atoms with E-state index in [0.717, 1.165) is 30.8 Å². The molecule has 0 amide bonds. The van der Waals surface area contributed by atoms with Gasteiger partial charge < -0.3 is 14.7 Å². The first kappa shape index (κ1) is 12.7. The molecule has 2 rings (SSSR count). The van der Waals surface area contributed by atoms with E-state index >= 15 is 0 Å². The minimum atomic E-state index is -0.480. The highest BCUT2D eigenvalue weighted by Gasteiger charge is 2.23. The molecule has 1 aromatic carbocycles. The first-order valence-electron chi connectivity index (χ1n) is 5.87. The molecule has 0 radical (unpaired) electrons. The predicted octanol–water partition coefficient (Wildman–Crippen LogP) is 2.62. The Kier molecular flexibility index (Phi) is 3.92. The third kappa shape index (κ3) is 2.73. The van der Waals surface area contributed by atoms with Crippen LogP contribution >= 0.6 is 11.6 Å². The van der Waals surface area contributed by atoms with Crippen molar-refractivity contribution in [1.82, 2.24) is 0 Å². The normalized spacial score (nSPS) is 21.9. The number of anilines is 1. The Labute approximate surface area is 107 Å². The summed E-state index contributed by atoms with van der Waals surface area (Å²) in [6.45, 7) is 3.58. The molecule has 1 N–H and O–H groups in total. The van der Waals surface area contributed by atoms with Gasteiger partial charge in [-0.2, -0.15) is 0 Å². The Morgan fingerprint density at radius 2 is 2.29 bits per heavy atom. The molecule has 1 aliphatic heterocycles. The second kappa shape index (κ2) is 5.25. The van der Waals surface area contributed by atoms with Crippen molar-refractivity contribution in [2.24, 2.45) is 0 Å². The van der Waals surface area contributed by atoms with E-state index in [1.165, 1.54) is 0 Å². The molecule has 4 heteroatoms. The van der Waals surface area contributed by atoms with Gasteiger partial charge in [0.25, 0.3) is 0 Å². The van der Waals surface area contributed by atoms with E-state index in [4.69, 9.17) is 16.3 Å². The van der Waals surface area contributed by atoms with Crippen LogP contribution in [0.15, 0.2) is 18.2 Å². The minimum Gasteiger partial charge on any atom is -0.389 e. The fourth-order valence-corrected chi connectivity index (χ4v) is 2.49. The van der Waals surface area contributed by atoms with Crippen LogP contribution in [0.3, 0.4) is 0 Å². The topological polar surface area (TPSA) is 32.7 Å². The molecule has 0 aliphatic carbocycles. The Hall–Kier alpha value is -0.770. The standard InChI is InChI=1S/C13H18ClNO2/c1-9(16)10-3-4-13(12(14)7-10)15-6-5-11(8-15)17-2/h3-4,7,9,11,16H,5-6,8H2,1-2H3. The summed E-state index contributed by atoms with van der Waals surface area (Å²) >= 11 is 6.25. The van der Waals surface area contributed by atoms with Crippen molar-refractivity contribution in [2.45, 2.75) is 25.6 Å². The molecule has 1 aliphatic rings. The SMILES string of the molecule is COC1CCN(c2ccc(C(C)O)cc2Cl)C1. The Bertz CT molecular complexity index is 395. The van der Waals surface area contributed by atoms with E-state index in [1.54, 1.807) is 14.0 Å². The lowest BCUT2D eigenvalue weighted by molar-refractivity contribution is 0.121. The van der Waals surface area contributed by atoms with Crippen molar-refractivity contribution in [3.8, 4) is 0 Å². The van der Waals surface area contributed by atoms with Gasteiger partial charge in [0.1, 0.15) is 0 Å². The number of hydrogen-bond acceptors (Lipinski definition) is 3. The van der Waals surface area contributed by atoms with Gasteiger partial charge in [-0.3, -0.25) is 0 Å². The third-order valence-electron chi connectivity index (χ3n) is 3.27. The third-order valence-corrected chi connectivity index (χ3v) is 3.58. The molecule has 0 aromatic heterocycles. The zero-order valence-electron chi connectivity index (χ0n) is 10.2. The average Bonchev–Trinajstić information content (AvgIpc) is 2.77. The molecule has 3 nitrogen and oxygen atoms in total. The number of methoxy groups -OCH3 is 1. The van der Waals surface area contributed by atoms with Gasteiger partial charge in [0.2, 0.25) is 0 Å². The van der Waals surface area contributed by atoms with E-state index in [9.17, 15) is 5.11 Å². The molecule has 0 saturated carbocycles. The van der Waals surface area contributed by atoms with Crippen LogP contribution in [0, 0.1) is 0 Å². The van der Waals surface area contributed by atoms with E-state index in [0.29, 0.717) is 11.1 Å². The maximum absolute atomic E-state index is 9.49. The molecular formula is C13H18ClNO2. The van der Waals surface area contributed by atoms with Gasteiger partial charge in [-0.05, 0) is 31.0 Å². The van der Waals surface area contributed by atoms with Crippen molar-refractivity contribution in [2.75, 3.05) is 25.1 Å². The van der Waals surface area contributed by atoms with Gasteiger partial charge in [0.05, 0.1) is 22.9 Å². The molecular weight excluding hydrogens is 238 g/mol. The molecule has 0 bridgehead atoms. The van der Waals surface area contributed by atoms with E-state index in [1.807, 2.05) is 18.2 Å².